The minimum atomic E-state index is -0.749. The number of hydrogen-bond donors (Lipinski definition) is 1. The van der Waals surface area contributed by atoms with Crippen molar-refractivity contribution in [3.8, 4) is 0 Å². The van der Waals surface area contributed by atoms with Crippen LogP contribution in [0.25, 0.3) is 0 Å². The van der Waals surface area contributed by atoms with Gasteiger partial charge in [0.25, 0.3) is 0 Å². The van der Waals surface area contributed by atoms with E-state index in [1.54, 1.807) is 0 Å². The molecule has 2 heterocycles. The summed E-state index contributed by atoms with van der Waals surface area (Å²) in [6.45, 7) is 2.21. The number of unbranched alkanes of at least 4 members (excludes halogenated alkanes) is 1. The highest BCUT2D eigenvalue weighted by Gasteiger charge is 2.35. The number of likely N-dealkylation sites (tertiary alicyclic amines) is 1. The minimum absolute atomic E-state index is 0.124. The summed E-state index contributed by atoms with van der Waals surface area (Å²) in [6.07, 6.45) is 12.6. The van der Waals surface area contributed by atoms with Gasteiger partial charge in [0, 0.05) is 31.1 Å². The van der Waals surface area contributed by atoms with Gasteiger partial charge in [-0.05, 0) is 99.3 Å². The molecular weight excluding hydrogens is 424 g/mol. The smallest absolute Gasteiger partial charge is 0.325 e. The molecule has 3 aliphatic rings. The second kappa shape index (κ2) is 11.0. The van der Waals surface area contributed by atoms with Crippen molar-refractivity contribution in [3.05, 3.63) is 64.5 Å². The molecule has 0 amide bonds. The summed E-state index contributed by atoms with van der Waals surface area (Å²) in [7, 11) is 0. The SMILES string of the molecule is O=C(O)C(c1ccccc1CC1CC1)N1CC[C@@H](OCCCCc2ccc3c(n2)CCCC3)C1. The van der Waals surface area contributed by atoms with Gasteiger partial charge in [0.1, 0.15) is 6.04 Å². The predicted molar refractivity (Wildman–Crippen MR) is 133 cm³/mol. The second-order valence-electron chi connectivity index (χ2n) is 10.4. The minimum Gasteiger partial charge on any atom is -0.480 e. The Hall–Kier alpha value is -2.24. The number of aromatic nitrogens is 1. The Morgan fingerprint density at radius 3 is 2.79 bits per heavy atom. The van der Waals surface area contributed by atoms with Gasteiger partial charge in [-0.15, -0.1) is 0 Å². The first kappa shape index (κ1) is 23.5. The number of carboxylic acid groups (broad SMARTS) is 1. The van der Waals surface area contributed by atoms with Crippen molar-refractivity contribution in [1.29, 1.82) is 0 Å². The third-order valence-electron chi connectivity index (χ3n) is 7.75. The molecule has 2 aromatic rings. The number of fused-ring (bicyclic) bond motifs is 1. The van der Waals surface area contributed by atoms with E-state index in [0.29, 0.717) is 6.54 Å². The van der Waals surface area contributed by atoms with Crippen LogP contribution >= 0.6 is 0 Å². The van der Waals surface area contributed by atoms with Crippen LogP contribution in [0.15, 0.2) is 36.4 Å². The van der Waals surface area contributed by atoms with Crippen LogP contribution < -0.4 is 0 Å². The lowest BCUT2D eigenvalue weighted by Gasteiger charge is -2.26. The standard InChI is InChI=1S/C29H38N2O3/c32-29(33)28(26-10-3-1-8-23(26)19-21-12-13-21)31-17-16-25(20-31)34-18-6-5-9-24-15-14-22-7-2-4-11-27(22)30-24/h1,3,8,10,14-15,21,25,28H,2,4-7,9,11-13,16-20H2,(H,32,33)/t25-,28?/m1/s1. The number of benzene rings is 1. The van der Waals surface area contributed by atoms with Gasteiger partial charge in [-0.25, -0.2) is 0 Å². The average molecular weight is 463 g/mol. The molecule has 1 aliphatic heterocycles. The Morgan fingerprint density at radius 2 is 1.94 bits per heavy atom. The van der Waals surface area contributed by atoms with Crippen LogP contribution in [-0.2, 0) is 35.2 Å². The van der Waals surface area contributed by atoms with Crippen LogP contribution in [0, 0.1) is 5.92 Å². The van der Waals surface area contributed by atoms with E-state index in [0.717, 1.165) is 63.2 Å². The van der Waals surface area contributed by atoms with E-state index in [4.69, 9.17) is 9.72 Å². The molecule has 2 atom stereocenters. The number of carboxylic acids is 1. The maximum absolute atomic E-state index is 12.3. The fraction of sp³-hybridized carbons (Fsp3) is 0.586. The topological polar surface area (TPSA) is 62.7 Å². The lowest BCUT2D eigenvalue weighted by Crippen LogP contribution is -2.34. The average Bonchev–Trinajstić information content (AvgIpc) is 3.55. The Kier molecular flexibility index (Phi) is 7.60. The number of rotatable bonds is 11. The number of carbonyl (C=O) groups is 1. The van der Waals surface area contributed by atoms with Crippen LogP contribution in [0.3, 0.4) is 0 Å². The van der Waals surface area contributed by atoms with Gasteiger partial charge in [-0.3, -0.25) is 14.7 Å². The molecule has 5 nitrogen and oxygen atoms in total. The van der Waals surface area contributed by atoms with Gasteiger partial charge in [0.2, 0.25) is 0 Å². The first-order valence-electron chi connectivity index (χ1n) is 13.3. The van der Waals surface area contributed by atoms with Gasteiger partial charge in [0.15, 0.2) is 0 Å². The summed E-state index contributed by atoms with van der Waals surface area (Å²) >= 11 is 0. The molecule has 5 heteroatoms. The first-order valence-corrected chi connectivity index (χ1v) is 13.3. The van der Waals surface area contributed by atoms with Gasteiger partial charge in [-0.2, -0.15) is 0 Å². The monoisotopic (exact) mass is 462 g/mol. The molecule has 1 N–H and O–H groups in total. The molecule has 0 spiro atoms. The van der Waals surface area contributed by atoms with Crippen LogP contribution in [0.5, 0.6) is 0 Å². The summed E-state index contributed by atoms with van der Waals surface area (Å²) in [4.78, 5) is 19.3. The highest BCUT2D eigenvalue weighted by molar-refractivity contribution is 5.76. The lowest BCUT2D eigenvalue weighted by atomic mass is 9.95. The number of pyridine rings is 1. The normalized spacial score (nSPS) is 21.4. The summed E-state index contributed by atoms with van der Waals surface area (Å²) in [5.41, 5.74) is 6.15. The van der Waals surface area contributed by atoms with Crippen molar-refractivity contribution in [1.82, 2.24) is 9.88 Å². The van der Waals surface area contributed by atoms with Gasteiger partial charge >= 0.3 is 5.97 Å². The quantitative estimate of drug-likeness (QED) is 0.468. The third kappa shape index (κ3) is 5.87. The largest absolute Gasteiger partial charge is 0.480 e. The third-order valence-corrected chi connectivity index (χ3v) is 7.75. The summed E-state index contributed by atoms with van der Waals surface area (Å²) < 4.78 is 6.18. The highest BCUT2D eigenvalue weighted by atomic mass is 16.5. The predicted octanol–water partition coefficient (Wildman–Crippen LogP) is 5.15. The zero-order valence-corrected chi connectivity index (χ0v) is 20.3. The molecule has 5 rings (SSSR count). The Balaban J connectivity index is 1.08. The molecule has 0 bridgehead atoms. The Morgan fingerprint density at radius 1 is 1.09 bits per heavy atom. The molecular formula is C29H38N2O3. The molecule has 2 fully saturated rings. The van der Waals surface area contributed by atoms with Gasteiger partial charge < -0.3 is 9.84 Å². The molecule has 1 unspecified atom stereocenters. The summed E-state index contributed by atoms with van der Waals surface area (Å²) in [5, 5.41) is 10.1. The van der Waals surface area contributed by atoms with E-state index in [2.05, 4.69) is 23.1 Å². The van der Waals surface area contributed by atoms with E-state index < -0.39 is 12.0 Å². The van der Waals surface area contributed by atoms with Crippen molar-refractivity contribution < 1.29 is 14.6 Å². The van der Waals surface area contributed by atoms with E-state index in [1.165, 1.54) is 54.6 Å². The van der Waals surface area contributed by atoms with Crippen molar-refractivity contribution in [2.24, 2.45) is 5.92 Å². The zero-order chi connectivity index (χ0) is 23.3. The molecule has 0 radical (unpaired) electrons. The maximum Gasteiger partial charge on any atom is 0.325 e. The molecule has 34 heavy (non-hydrogen) atoms. The van der Waals surface area contributed by atoms with Crippen molar-refractivity contribution in [2.45, 2.75) is 82.8 Å². The fourth-order valence-corrected chi connectivity index (χ4v) is 5.66. The second-order valence-corrected chi connectivity index (χ2v) is 10.4. The summed E-state index contributed by atoms with van der Waals surface area (Å²) in [6, 6.07) is 12.1. The van der Waals surface area contributed by atoms with E-state index >= 15 is 0 Å². The number of nitrogens with zero attached hydrogens (tertiary/aromatic N) is 2. The van der Waals surface area contributed by atoms with Gasteiger partial charge in [0.05, 0.1) is 6.10 Å². The Labute approximate surface area is 203 Å². The first-order chi connectivity index (χ1) is 16.7. The number of hydrogen-bond acceptors (Lipinski definition) is 4. The molecule has 1 saturated carbocycles. The number of aryl methyl sites for hydroxylation is 3. The molecule has 1 saturated heterocycles. The lowest BCUT2D eigenvalue weighted by molar-refractivity contribution is -0.143. The number of aliphatic carboxylic acids is 1. The van der Waals surface area contributed by atoms with E-state index in [-0.39, 0.29) is 6.10 Å². The molecule has 182 valence electrons. The van der Waals surface area contributed by atoms with Crippen molar-refractivity contribution >= 4 is 5.97 Å². The van der Waals surface area contributed by atoms with Gasteiger partial charge in [-0.1, -0.05) is 30.3 Å². The number of ether oxygens (including phenoxy) is 1. The van der Waals surface area contributed by atoms with Crippen molar-refractivity contribution in [3.63, 3.8) is 0 Å². The van der Waals surface area contributed by atoms with Crippen LogP contribution in [-0.4, -0.2) is 46.8 Å². The van der Waals surface area contributed by atoms with Crippen LogP contribution in [0.2, 0.25) is 0 Å². The fourth-order valence-electron chi connectivity index (χ4n) is 5.66. The van der Waals surface area contributed by atoms with Crippen molar-refractivity contribution in [2.75, 3.05) is 19.7 Å². The van der Waals surface area contributed by atoms with E-state index in [1.807, 2.05) is 18.2 Å². The molecule has 2 aliphatic carbocycles. The Bertz CT molecular complexity index is 987. The maximum atomic E-state index is 12.3. The van der Waals surface area contributed by atoms with E-state index in [9.17, 15) is 9.90 Å². The molecule has 1 aromatic carbocycles. The zero-order valence-electron chi connectivity index (χ0n) is 20.3. The summed E-state index contributed by atoms with van der Waals surface area (Å²) in [5.74, 6) is -0.0109. The molecule has 1 aromatic heterocycles. The van der Waals surface area contributed by atoms with Crippen LogP contribution in [0.1, 0.15) is 79.1 Å². The highest BCUT2D eigenvalue weighted by Crippen LogP contribution is 2.36. The van der Waals surface area contributed by atoms with Crippen LogP contribution in [0.4, 0.5) is 0 Å².